The van der Waals surface area contributed by atoms with Crippen molar-refractivity contribution in [2.45, 2.75) is 47.6 Å². The van der Waals surface area contributed by atoms with Gasteiger partial charge in [0, 0.05) is 42.5 Å². The summed E-state index contributed by atoms with van der Waals surface area (Å²) in [6.07, 6.45) is 1.57. The number of piperidine rings is 1. The average molecular weight is 568 g/mol. The van der Waals surface area contributed by atoms with E-state index in [0.717, 1.165) is 34.0 Å². The van der Waals surface area contributed by atoms with Gasteiger partial charge in [-0.1, -0.05) is 36.0 Å². The molecule has 4 amide bonds. The Labute approximate surface area is 237 Å². The fraction of sp³-hybridized carbons (Fsp3) is 0.448. The lowest BCUT2D eigenvalue weighted by Crippen LogP contribution is -2.58. The summed E-state index contributed by atoms with van der Waals surface area (Å²) in [5.74, 6) is -1.68. The summed E-state index contributed by atoms with van der Waals surface area (Å²) in [6, 6.07) is 12.8. The van der Waals surface area contributed by atoms with Gasteiger partial charge in [-0.3, -0.25) is 19.3 Å². The highest BCUT2D eigenvalue weighted by Gasteiger charge is 2.39. The Bertz CT molecular complexity index is 1240. The van der Waals surface area contributed by atoms with Crippen molar-refractivity contribution in [3.8, 4) is 0 Å². The Balaban J connectivity index is 1.35. The molecule has 5 rings (SSSR count). The first-order chi connectivity index (χ1) is 19.4. The third kappa shape index (κ3) is 5.85. The molecule has 0 aromatic heterocycles. The maximum absolute atomic E-state index is 14.2. The van der Waals surface area contributed by atoms with Crippen molar-refractivity contribution in [1.29, 1.82) is 0 Å². The molecule has 1 N–H and O–H groups in total. The number of hydrogen-bond donors (Lipinski definition) is 1. The Hall–Kier alpha value is -3.44. The maximum Gasteiger partial charge on any atom is 0.329 e. The van der Waals surface area contributed by atoms with Crippen LogP contribution in [-0.4, -0.2) is 96.9 Å². The van der Waals surface area contributed by atoms with E-state index in [1.807, 2.05) is 55.6 Å². The molecule has 2 unspecified atom stereocenters. The number of carbonyl (C=O) groups excluding carboxylic acids is 4. The molecule has 3 aliphatic rings. The molecule has 212 valence electrons. The molecule has 2 aromatic rings. The number of carbonyl (C=O) groups is 4. The number of Topliss-reactive ketones (excluding diaryl/α,β-unsaturated/α-hetero) is 1. The maximum atomic E-state index is 14.2. The summed E-state index contributed by atoms with van der Waals surface area (Å²) in [7, 11) is 1.97. The van der Waals surface area contributed by atoms with Crippen LogP contribution in [-0.2, 0) is 14.4 Å². The number of likely N-dealkylation sites (N-methyl/N-ethyl adjacent to an activating group) is 1. The summed E-state index contributed by atoms with van der Waals surface area (Å²) in [5, 5.41) is 2.64. The first kappa shape index (κ1) is 28.1. The number of benzene rings is 2. The first-order valence-corrected chi connectivity index (χ1v) is 14.5. The normalized spacial score (nSPS) is 19.9. The van der Waals surface area contributed by atoms with Crippen LogP contribution in [0.4, 0.5) is 20.6 Å². The number of nitrogens with one attached hydrogen (secondary N) is 1. The van der Waals surface area contributed by atoms with Crippen LogP contribution in [0.25, 0.3) is 0 Å². The molecule has 0 aliphatic carbocycles. The number of fused-ring (bicyclic) bond motifs is 2. The van der Waals surface area contributed by atoms with Gasteiger partial charge < -0.3 is 20.0 Å². The molecule has 0 spiro atoms. The number of ketones is 1. The van der Waals surface area contributed by atoms with E-state index in [-0.39, 0.29) is 18.4 Å². The first-order valence-electron chi connectivity index (χ1n) is 13.7. The number of halogens is 1. The van der Waals surface area contributed by atoms with Crippen LogP contribution in [0, 0.1) is 0 Å². The molecule has 0 bridgehead atoms. The van der Waals surface area contributed by atoms with Gasteiger partial charge in [0.05, 0.1) is 23.8 Å². The van der Waals surface area contributed by atoms with E-state index in [9.17, 15) is 23.6 Å². The summed E-state index contributed by atoms with van der Waals surface area (Å²) < 4.78 is 13.5. The van der Waals surface area contributed by atoms with Gasteiger partial charge in [-0.15, -0.1) is 0 Å². The van der Waals surface area contributed by atoms with Crippen molar-refractivity contribution in [3.05, 3.63) is 48.5 Å². The van der Waals surface area contributed by atoms with E-state index >= 15 is 0 Å². The van der Waals surface area contributed by atoms with Crippen LogP contribution >= 0.6 is 11.8 Å². The Morgan fingerprint density at radius 2 is 1.55 bits per heavy atom. The van der Waals surface area contributed by atoms with Crippen LogP contribution in [0.5, 0.6) is 0 Å². The summed E-state index contributed by atoms with van der Waals surface area (Å²) >= 11 is 1.59. The van der Waals surface area contributed by atoms with E-state index in [2.05, 4.69) is 10.2 Å². The summed E-state index contributed by atoms with van der Waals surface area (Å²) in [6.45, 7) is 1.53. The van der Waals surface area contributed by atoms with Gasteiger partial charge in [-0.2, -0.15) is 0 Å². The van der Waals surface area contributed by atoms with E-state index in [4.69, 9.17) is 0 Å². The van der Waals surface area contributed by atoms with Crippen molar-refractivity contribution in [3.63, 3.8) is 0 Å². The van der Waals surface area contributed by atoms with Crippen molar-refractivity contribution in [2.75, 3.05) is 51.3 Å². The minimum atomic E-state index is -1.28. The fourth-order valence-electron chi connectivity index (χ4n) is 5.44. The monoisotopic (exact) mass is 567 g/mol. The highest BCUT2D eigenvalue weighted by Crippen LogP contribution is 2.48. The number of amides is 4. The van der Waals surface area contributed by atoms with E-state index in [1.165, 1.54) is 0 Å². The van der Waals surface area contributed by atoms with Crippen LogP contribution in [0.2, 0.25) is 0 Å². The molecule has 2 fully saturated rings. The standard InChI is InChI=1S/C29H34FN5O4S/c1-32-14-16-33(17-15-32)27(37)18-20(24(36)19-30)31-28(38)23-10-6-7-13-34(23)29(39)35-21-8-2-4-11-25(21)40-26-12-5-3-9-22(26)35/h2-5,8-9,11-12,20,23H,6-7,10,13-19H2,1H3,(H,31,38). The van der Waals surface area contributed by atoms with Crippen LogP contribution in [0.1, 0.15) is 25.7 Å². The quantitative estimate of drug-likeness (QED) is 0.575. The molecule has 0 saturated carbocycles. The van der Waals surface area contributed by atoms with Crippen LogP contribution < -0.4 is 10.2 Å². The number of nitrogens with zero attached hydrogens (tertiary/aromatic N) is 4. The van der Waals surface area contributed by atoms with Gasteiger partial charge in [0.15, 0.2) is 5.78 Å². The number of piperazine rings is 1. The summed E-state index contributed by atoms with van der Waals surface area (Å²) in [5.41, 5.74) is 1.48. The van der Waals surface area contributed by atoms with Crippen molar-refractivity contribution >= 4 is 46.8 Å². The predicted octanol–water partition coefficient (Wildman–Crippen LogP) is 3.45. The lowest BCUT2D eigenvalue weighted by molar-refractivity contribution is -0.137. The SMILES string of the molecule is CN1CCN(C(=O)CC(NC(=O)C2CCCCN2C(=O)N2c3ccccc3Sc3ccccc32)C(=O)CF)CC1. The zero-order valence-corrected chi connectivity index (χ0v) is 23.4. The van der Waals surface area contributed by atoms with E-state index in [1.54, 1.807) is 26.5 Å². The molecule has 2 saturated heterocycles. The van der Waals surface area contributed by atoms with Crippen molar-refractivity contribution < 1.29 is 23.6 Å². The lowest BCUT2D eigenvalue weighted by atomic mass is 10.00. The van der Waals surface area contributed by atoms with E-state index in [0.29, 0.717) is 39.1 Å². The Morgan fingerprint density at radius 1 is 0.925 bits per heavy atom. The molecular formula is C29H34FN5O4S. The van der Waals surface area contributed by atoms with Gasteiger partial charge in [-0.05, 0) is 50.6 Å². The second kappa shape index (κ2) is 12.4. The molecular weight excluding hydrogens is 533 g/mol. The van der Waals surface area contributed by atoms with Gasteiger partial charge in [0.2, 0.25) is 11.8 Å². The minimum absolute atomic E-state index is 0.296. The number of alkyl halides is 1. The number of para-hydroxylation sites is 2. The van der Waals surface area contributed by atoms with Gasteiger partial charge in [-0.25, -0.2) is 9.18 Å². The minimum Gasteiger partial charge on any atom is -0.344 e. The molecule has 11 heteroatoms. The fourth-order valence-corrected chi connectivity index (χ4v) is 6.50. The number of rotatable bonds is 6. The van der Waals surface area contributed by atoms with Crippen LogP contribution in [0.15, 0.2) is 58.3 Å². The Kier molecular flexibility index (Phi) is 8.70. The van der Waals surface area contributed by atoms with Gasteiger partial charge in [0.25, 0.3) is 0 Å². The molecule has 0 radical (unpaired) electrons. The second-order valence-corrected chi connectivity index (χ2v) is 11.5. The number of likely N-dealkylation sites (tertiary alicyclic amines) is 1. The van der Waals surface area contributed by atoms with Gasteiger partial charge in [0.1, 0.15) is 12.7 Å². The zero-order chi connectivity index (χ0) is 28.2. The van der Waals surface area contributed by atoms with Crippen LogP contribution in [0.3, 0.4) is 0 Å². The average Bonchev–Trinajstić information content (AvgIpc) is 2.99. The third-order valence-electron chi connectivity index (χ3n) is 7.75. The number of hydrogen-bond acceptors (Lipinski definition) is 6. The molecule has 3 aliphatic heterocycles. The zero-order valence-electron chi connectivity index (χ0n) is 22.6. The number of urea groups is 1. The van der Waals surface area contributed by atoms with Crippen molar-refractivity contribution in [2.24, 2.45) is 0 Å². The largest absolute Gasteiger partial charge is 0.344 e. The topological polar surface area (TPSA) is 93.3 Å². The lowest BCUT2D eigenvalue weighted by Gasteiger charge is -2.40. The molecule has 9 nitrogen and oxygen atoms in total. The van der Waals surface area contributed by atoms with Crippen molar-refractivity contribution in [1.82, 2.24) is 20.0 Å². The molecule has 40 heavy (non-hydrogen) atoms. The predicted molar refractivity (Wildman–Crippen MR) is 150 cm³/mol. The summed E-state index contributed by atoms with van der Waals surface area (Å²) in [4.78, 5) is 61.9. The molecule has 3 heterocycles. The molecule has 2 atom stereocenters. The highest BCUT2D eigenvalue weighted by molar-refractivity contribution is 7.99. The Morgan fingerprint density at radius 3 is 2.17 bits per heavy atom. The smallest absolute Gasteiger partial charge is 0.329 e. The highest BCUT2D eigenvalue weighted by atomic mass is 32.2. The van der Waals surface area contributed by atoms with E-state index < -0.39 is 30.4 Å². The van der Waals surface area contributed by atoms with Gasteiger partial charge >= 0.3 is 6.03 Å². The third-order valence-corrected chi connectivity index (χ3v) is 8.88. The molecule has 2 aromatic carbocycles. The second-order valence-electron chi connectivity index (χ2n) is 10.4. The number of anilines is 2.